The molecule has 0 aromatic carbocycles. The fraction of sp³-hybridized carbons (Fsp3) is 0.750. The number of rotatable bonds is 3. The largest absolute Gasteiger partial charge is 0.444 e. The molecule has 1 aromatic rings. The summed E-state index contributed by atoms with van der Waals surface area (Å²) in [5.41, 5.74) is 1.94. The topological polar surface area (TPSA) is 58.2 Å². The van der Waals surface area contributed by atoms with Crippen LogP contribution in [0.1, 0.15) is 64.2 Å². The van der Waals surface area contributed by atoms with Crippen LogP contribution in [0.3, 0.4) is 0 Å². The monoisotopic (exact) mass is 293 g/mol. The van der Waals surface area contributed by atoms with Gasteiger partial charge in [0.1, 0.15) is 11.4 Å². The molecule has 1 unspecified atom stereocenters. The van der Waals surface area contributed by atoms with E-state index in [1.807, 2.05) is 20.8 Å². The van der Waals surface area contributed by atoms with Gasteiger partial charge in [0.05, 0.1) is 5.69 Å². The average molecular weight is 293 g/mol. The summed E-state index contributed by atoms with van der Waals surface area (Å²) in [7, 11) is 0. The third kappa shape index (κ3) is 3.77. The molecule has 1 aliphatic heterocycles. The van der Waals surface area contributed by atoms with Gasteiger partial charge in [-0.3, -0.25) is 0 Å². The predicted octanol–water partition coefficient (Wildman–Crippen LogP) is 3.26. The molecule has 118 valence electrons. The number of aromatic amines is 1. The maximum atomic E-state index is 12.1. The molecule has 1 saturated heterocycles. The van der Waals surface area contributed by atoms with Crippen molar-refractivity contribution in [3.63, 3.8) is 0 Å². The first-order valence-electron chi connectivity index (χ1n) is 7.89. The Morgan fingerprint density at radius 3 is 2.62 bits per heavy atom. The summed E-state index contributed by atoms with van der Waals surface area (Å²) in [4.78, 5) is 22.0. The first-order chi connectivity index (χ1) is 9.84. The molecule has 1 atom stereocenters. The van der Waals surface area contributed by atoms with Crippen molar-refractivity contribution in [3.8, 4) is 0 Å². The second kappa shape index (κ2) is 6.08. The van der Waals surface area contributed by atoms with Crippen LogP contribution in [0.25, 0.3) is 0 Å². The van der Waals surface area contributed by atoms with E-state index in [1.165, 1.54) is 5.69 Å². The molecule has 5 nitrogen and oxygen atoms in total. The zero-order chi connectivity index (χ0) is 15.6. The number of H-pyrrole nitrogens is 1. The lowest BCUT2D eigenvalue weighted by Gasteiger charge is -2.24. The lowest BCUT2D eigenvalue weighted by Crippen LogP contribution is -2.35. The number of aromatic nitrogens is 2. The van der Waals surface area contributed by atoms with Crippen molar-refractivity contribution >= 4 is 6.09 Å². The van der Waals surface area contributed by atoms with Gasteiger partial charge in [0.2, 0.25) is 0 Å². The van der Waals surface area contributed by atoms with Crippen LogP contribution in [-0.4, -0.2) is 39.7 Å². The summed E-state index contributed by atoms with van der Waals surface area (Å²) in [6.07, 6.45) is 2.64. The van der Waals surface area contributed by atoms with Gasteiger partial charge in [0.25, 0.3) is 0 Å². The van der Waals surface area contributed by atoms with Gasteiger partial charge in [-0.05, 0) is 40.0 Å². The molecule has 1 amide bonds. The molecule has 0 bridgehead atoms. The highest BCUT2D eigenvalue weighted by molar-refractivity contribution is 5.68. The Kier molecular flexibility index (Phi) is 4.59. The van der Waals surface area contributed by atoms with Gasteiger partial charge in [0.15, 0.2) is 0 Å². The third-order valence-corrected chi connectivity index (χ3v) is 3.80. The zero-order valence-electron chi connectivity index (χ0n) is 13.8. The van der Waals surface area contributed by atoms with Crippen molar-refractivity contribution in [3.05, 3.63) is 17.2 Å². The van der Waals surface area contributed by atoms with Gasteiger partial charge in [-0.1, -0.05) is 13.8 Å². The Labute approximate surface area is 127 Å². The molecule has 0 aliphatic carbocycles. The second-order valence-electron chi connectivity index (χ2n) is 6.67. The van der Waals surface area contributed by atoms with Crippen LogP contribution in [0.2, 0.25) is 0 Å². The normalized spacial score (nSPS) is 19.1. The molecular weight excluding hydrogens is 266 g/mol. The molecule has 2 heterocycles. The highest BCUT2D eigenvalue weighted by atomic mass is 16.6. The zero-order valence-corrected chi connectivity index (χ0v) is 13.8. The summed E-state index contributed by atoms with van der Waals surface area (Å²) in [5.74, 6) is 1.32. The van der Waals surface area contributed by atoms with Crippen LogP contribution < -0.4 is 0 Å². The van der Waals surface area contributed by atoms with Crippen LogP contribution in [0, 0.1) is 0 Å². The number of carbonyl (C=O) groups is 1. The Hall–Kier alpha value is -1.52. The van der Waals surface area contributed by atoms with Gasteiger partial charge in [-0.25, -0.2) is 9.78 Å². The van der Waals surface area contributed by atoms with E-state index >= 15 is 0 Å². The fourth-order valence-corrected chi connectivity index (χ4v) is 2.72. The summed E-state index contributed by atoms with van der Waals surface area (Å²) in [6, 6.07) is 0. The van der Waals surface area contributed by atoms with Crippen LogP contribution >= 0.6 is 0 Å². The maximum Gasteiger partial charge on any atom is 0.410 e. The van der Waals surface area contributed by atoms with E-state index in [0.717, 1.165) is 37.3 Å². The Bertz CT molecular complexity index is 481. The number of nitrogens with one attached hydrogen (secondary N) is 1. The lowest BCUT2D eigenvalue weighted by molar-refractivity contribution is 0.0292. The molecular formula is C16H27N3O2. The van der Waals surface area contributed by atoms with E-state index in [9.17, 15) is 4.79 Å². The van der Waals surface area contributed by atoms with E-state index in [2.05, 4.69) is 18.8 Å². The second-order valence-corrected chi connectivity index (χ2v) is 6.67. The summed E-state index contributed by atoms with van der Waals surface area (Å²) in [6.45, 7) is 11.4. The molecule has 1 aliphatic rings. The lowest BCUT2D eigenvalue weighted by atomic mass is 10.1. The van der Waals surface area contributed by atoms with Crippen LogP contribution in [0.4, 0.5) is 4.79 Å². The van der Waals surface area contributed by atoms with Crippen molar-refractivity contribution in [2.24, 2.45) is 0 Å². The van der Waals surface area contributed by atoms with E-state index in [-0.39, 0.29) is 6.09 Å². The summed E-state index contributed by atoms with van der Waals surface area (Å²) < 4.78 is 5.43. The first-order valence-corrected chi connectivity index (χ1v) is 7.89. The minimum Gasteiger partial charge on any atom is -0.444 e. The number of nitrogens with zero attached hydrogens (tertiary/aromatic N) is 2. The minimum absolute atomic E-state index is 0.219. The Balaban J connectivity index is 2.02. The van der Waals surface area contributed by atoms with Crippen LogP contribution in [-0.2, 0) is 17.6 Å². The van der Waals surface area contributed by atoms with Crippen molar-refractivity contribution < 1.29 is 9.53 Å². The predicted molar refractivity (Wildman–Crippen MR) is 82.5 cm³/mol. The summed E-state index contributed by atoms with van der Waals surface area (Å²) in [5, 5.41) is 0. The number of hydrogen-bond acceptors (Lipinski definition) is 3. The van der Waals surface area contributed by atoms with Crippen LogP contribution in [0.15, 0.2) is 0 Å². The van der Waals surface area contributed by atoms with E-state index in [0.29, 0.717) is 12.5 Å². The van der Waals surface area contributed by atoms with Gasteiger partial charge in [0, 0.05) is 24.7 Å². The van der Waals surface area contributed by atoms with Crippen molar-refractivity contribution in [2.75, 3.05) is 13.1 Å². The average Bonchev–Trinajstić information content (AvgIpc) is 3.02. The fourth-order valence-electron chi connectivity index (χ4n) is 2.72. The smallest absolute Gasteiger partial charge is 0.410 e. The Morgan fingerprint density at radius 1 is 1.38 bits per heavy atom. The SMILES string of the molecule is CCc1nc(C2CCN(C(=O)OC(C)(C)C)C2)[nH]c1CC. The van der Waals surface area contributed by atoms with Gasteiger partial charge in [-0.15, -0.1) is 0 Å². The van der Waals surface area contributed by atoms with Gasteiger partial charge in [-0.2, -0.15) is 0 Å². The Morgan fingerprint density at radius 2 is 2.10 bits per heavy atom. The minimum atomic E-state index is -0.440. The molecule has 0 saturated carbocycles. The number of carbonyl (C=O) groups excluding carboxylic acids is 1. The number of likely N-dealkylation sites (tertiary alicyclic amines) is 1. The van der Waals surface area contributed by atoms with E-state index in [4.69, 9.17) is 9.72 Å². The number of amides is 1. The quantitative estimate of drug-likeness (QED) is 0.930. The molecule has 5 heteroatoms. The first kappa shape index (κ1) is 15.9. The van der Waals surface area contributed by atoms with Crippen molar-refractivity contribution in [1.82, 2.24) is 14.9 Å². The molecule has 0 spiro atoms. The number of aryl methyl sites for hydroxylation is 2. The van der Waals surface area contributed by atoms with Gasteiger partial charge >= 0.3 is 6.09 Å². The molecule has 1 fully saturated rings. The number of imidazole rings is 1. The maximum absolute atomic E-state index is 12.1. The van der Waals surface area contributed by atoms with Crippen LogP contribution in [0.5, 0.6) is 0 Å². The van der Waals surface area contributed by atoms with E-state index < -0.39 is 5.60 Å². The summed E-state index contributed by atoms with van der Waals surface area (Å²) >= 11 is 0. The van der Waals surface area contributed by atoms with Crippen molar-refractivity contribution in [2.45, 2.75) is 65.4 Å². The van der Waals surface area contributed by atoms with Gasteiger partial charge < -0.3 is 14.6 Å². The number of ether oxygens (including phenoxy) is 1. The molecule has 1 N–H and O–H groups in total. The standard InChI is InChI=1S/C16H27N3O2/c1-6-12-13(7-2)18-14(17-12)11-8-9-19(10-11)15(20)21-16(3,4)5/h11H,6-10H2,1-5H3,(H,17,18). The van der Waals surface area contributed by atoms with E-state index in [1.54, 1.807) is 4.90 Å². The molecule has 0 radical (unpaired) electrons. The van der Waals surface area contributed by atoms with Crippen molar-refractivity contribution in [1.29, 1.82) is 0 Å². The third-order valence-electron chi connectivity index (χ3n) is 3.80. The highest BCUT2D eigenvalue weighted by Gasteiger charge is 2.32. The highest BCUT2D eigenvalue weighted by Crippen LogP contribution is 2.27. The number of hydrogen-bond donors (Lipinski definition) is 1. The molecule has 1 aromatic heterocycles. The molecule has 2 rings (SSSR count). The molecule has 21 heavy (non-hydrogen) atoms.